The molecule has 0 aromatic heterocycles. The van der Waals surface area contributed by atoms with Gasteiger partial charge in [-0.15, -0.1) is 0 Å². The molecule has 0 aliphatic carbocycles. The number of para-hydroxylation sites is 1. The molecule has 0 saturated carbocycles. The number of benzene rings is 2. The maximum absolute atomic E-state index is 11.0. The van der Waals surface area contributed by atoms with Gasteiger partial charge in [0.15, 0.2) is 0 Å². The molecule has 0 aliphatic heterocycles. The number of aryl methyl sites for hydroxylation is 1. The van der Waals surface area contributed by atoms with E-state index >= 15 is 0 Å². The zero-order chi connectivity index (χ0) is 13.8. The van der Waals surface area contributed by atoms with Crippen LogP contribution in [0.1, 0.15) is 11.1 Å². The lowest BCUT2D eigenvalue weighted by atomic mass is 10.1. The van der Waals surface area contributed by atoms with Crippen LogP contribution in [0, 0.1) is 17.0 Å². The van der Waals surface area contributed by atoms with Crippen molar-refractivity contribution >= 4 is 11.4 Å². The van der Waals surface area contributed by atoms with Crippen molar-refractivity contribution in [1.82, 2.24) is 0 Å². The highest BCUT2D eigenvalue weighted by Gasteiger charge is 2.16. The van der Waals surface area contributed by atoms with E-state index < -0.39 is 0 Å². The van der Waals surface area contributed by atoms with E-state index in [-0.39, 0.29) is 16.4 Å². The molecule has 5 nitrogen and oxygen atoms in total. The Bertz CT molecular complexity index is 594. The second-order valence-electron chi connectivity index (χ2n) is 4.25. The van der Waals surface area contributed by atoms with Crippen molar-refractivity contribution < 1.29 is 10.0 Å². The van der Waals surface area contributed by atoms with Crippen LogP contribution in [0.3, 0.4) is 0 Å². The van der Waals surface area contributed by atoms with Crippen LogP contribution in [0.25, 0.3) is 0 Å². The molecule has 2 N–H and O–H groups in total. The summed E-state index contributed by atoms with van der Waals surface area (Å²) in [5.74, 6) is 0.199. The predicted molar refractivity (Wildman–Crippen MR) is 73.3 cm³/mol. The predicted octanol–water partition coefficient (Wildman–Crippen LogP) is 3.22. The van der Waals surface area contributed by atoms with Crippen molar-refractivity contribution in [1.29, 1.82) is 0 Å². The van der Waals surface area contributed by atoms with Gasteiger partial charge in [0.25, 0.3) is 5.69 Å². The van der Waals surface area contributed by atoms with Gasteiger partial charge in [-0.2, -0.15) is 0 Å². The minimum absolute atomic E-state index is 0.0984. The van der Waals surface area contributed by atoms with Gasteiger partial charge in [-0.3, -0.25) is 10.1 Å². The Hall–Kier alpha value is -2.56. The van der Waals surface area contributed by atoms with E-state index in [1.54, 1.807) is 49.4 Å². The monoisotopic (exact) mass is 258 g/mol. The van der Waals surface area contributed by atoms with E-state index in [4.69, 9.17) is 0 Å². The Kier molecular flexibility index (Phi) is 3.66. The molecule has 0 radical (unpaired) electrons. The Balaban J connectivity index is 2.18. The minimum Gasteiger partial charge on any atom is -0.508 e. The summed E-state index contributed by atoms with van der Waals surface area (Å²) in [6, 6.07) is 11.9. The van der Waals surface area contributed by atoms with E-state index in [2.05, 4.69) is 5.32 Å². The third-order valence-electron chi connectivity index (χ3n) is 2.84. The Labute approximate surface area is 110 Å². The first-order valence-electron chi connectivity index (χ1n) is 5.83. The molecule has 0 unspecified atom stereocenters. The normalized spacial score (nSPS) is 10.2. The van der Waals surface area contributed by atoms with Gasteiger partial charge >= 0.3 is 0 Å². The fraction of sp³-hybridized carbons (Fsp3) is 0.143. The van der Waals surface area contributed by atoms with E-state index in [1.807, 2.05) is 0 Å². The molecule has 19 heavy (non-hydrogen) atoms. The van der Waals surface area contributed by atoms with Crippen LogP contribution < -0.4 is 5.32 Å². The lowest BCUT2D eigenvalue weighted by Gasteiger charge is -2.08. The number of anilines is 1. The zero-order valence-electron chi connectivity index (χ0n) is 10.5. The first-order chi connectivity index (χ1) is 9.08. The lowest BCUT2D eigenvalue weighted by molar-refractivity contribution is -0.384. The quantitative estimate of drug-likeness (QED) is 0.652. The smallest absolute Gasteiger partial charge is 0.295 e. The van der Waals surface area contributed by atoms with Crippen LogP contribution >= 0.6 is 0 Å². The molecule has 0 fully saturated rings. The summed E-state index contributed by atoms with van der Waals surface area (Å²) in [4.78, 5) is 10.7. The molecule has 0 spiro atoms. The summed E-state index contributed by atoms with van der Waals surface area (Å²) < 4.78 is 0. The van der Waals surface area contributed by atoms with Crippen LogP contribution in [0.2, 0.25) is 0 Å². The molecular formula is C14H14N2O3. The van der Waals surface area contributed by atoms with E-state index in [0.717, 1.165) is 5.56 Å². The molecule has 2 rings (SSSR count). The summed E-state index contributed by atoms with van der Waals surface area (Å²) in [6.07, 6.45) is 0. The maximum atomic E-state index is 11.0. The standard InChI is InChI=1S/C14H14N2O3/c1-10-3-2-4-13(14(10)16(18)19)15-9-11-5-7-12(17)8-6-11/h2-8,15,17H,9H2,1H3. The van der Waals surface area contributed by atoms with Crippen molar-refractivity contribution in [2.45, 2.75) is 13.5 Å². The van der Waals surface area contributed by atoms with Crippen molar-refractivity contribution in [3.63, 3.8) is 0 Å². The average Bonchev–Trinajstić information content (AvgIpc) is 2.37. The van der Waals surface area contributed by atoms with Gasteiger partial charge in [0.05, 0.1) is 4.92 Å². The van der Waals surface area contributed by atoms with Gasteiger partial charge in [0.1, 0.15) is 11.4 Å². The van der Waals surface area contributed by atoms with E-state index in [0.29, 0.717) is 17.8 Å². The van der Waals surface area contributed by atoms with Crippen molar-refractivity contribution in [3.05, 3.63) is 63.7 Å². The summed E-state index contributed by atoms with van der Waals surface area (Å²) in [5.41, 5.74) is 2.16. The summed E-state index contributed by atoms with van der Waals surface area (Å²) in [6.45, 7) is 2.18. The Morgan fingerprint density at radius 3 is 2.53 bits per heavy atom. The van der Waals surface area contributed by atoms with Crippen molar-refractivity contribution in [3.8, 4) is 5.75 Å². The molecule has 0 heterocycles. The fourth-order valence-corrected chi connectivity index (χ4v) is 1.86. The second kappa shape index (κ2) is 5.39. The zero-order valence-corrected chi connectivity index (χ0v) is 10.5. The third-order valence-corrected chi connectivity index (χ3v) is 2.84. The van der Waals surface area contributed by atoms with E-state index in [1.165, 1.54) is 0 Å². The highest BCUT2D eigenvalue weighted by Crippen LogP contribution is 2.28. The van der Waals surface area contributed by atoms with E-state index in [9.17, 15) is 15.2 Å². The van der Waals surface area contributed by atoms with Crippen LogP contribution in [0.4, 0.5) is 11.4 Å². The topological polar surface area (TPSA) is 75.4 Å². The first kappa shape index (κ1) is 12.9. The number of phenols is 1. The number of aromatic hydroxyl groups is 1. The number of nitro groups is 1. The molecule has 0 atom stereocenters. The number of nitro benzene ring substituents is 1. The number of rotatable bonds is 4. The van der Waals surface area contributed by atoms with Crippen LogP contribution in [0.5, 0.6) is 5.75 Å². The Morgan fingerprint density at radius 1 is 1.21 bits per heavy atom. The highest BCUT2D eigenvalue weighted by molar-refractivity contribution is 5.65. The molecule has 2 aromatic carbocycles. The lowest BCUT2D eigenvalue weighted by Crippen LogP contribution is -2.03. The molecule has 0 bridgehead atoms. The highest BCUT2D eigenvalue weighted by atomic mass is 16.6. The van der Waals surface area contributed by atoms with Crippen molar-refractivity contribution in [2.24, 2.45) is 0 Å². The van der Waals surface area contributed by atoms with Gasteiger partial charge in [0.2, 0.25) is 0 Å². The molecule has 0 aliphatic rings. The number of nitrogens with zero attached hydrogens (tertiary/aromatic N) is 1. The largest absolute Gasteiger partial charge is 0.508 e. The molecule has 5 heteroatoms. The number of phenolic OH excluding ortho intramolecular Hbond substituents is 1. The number of hydrogen-bond acceptors (Lipinski definition) is 4. The van der Waals surface area contributed by atoms with Gasteiger partial charge in [-0.05, 0) is 30.7 Å². The third kappa shape index (κ3) is 3.01. The van der Waals surface area contributed by atoms with Gasteiger partial charge in [-0.25, -0.2) is 0 Å². The van der Waals surface area contributed by atoms with Gasteiger partial charge in [0, 0.05) is 12.1 Å². The number of hydrogen-bond donors (Lipinski definition) is 2. The SMILES string of the molecule is Cc1cccc(NCc2ccc(O)cc2)c1[N+](=O)[O-]. The molecule has 98 valence electrons. The first-order valence-corrected chi connectivity index (χ1v) is 5.83. The number of nitrogens with one attached hydrogen (secondary N) is 1. The molecule has 0 saturated heterocycles. The van der Waals surface area contributed by atoms with Crippen LogP contribution in [0.15, 0.2) is 42.5 Å². The summed E-state index contributed by atoms with van der Waals surface area (Å²) in [7, 11) is 0. The second-order valence-corrected chi connectivity index (χ2v) is 4.25. The minimum atomic E-state index is -0.380. The average molecular weight is 258 g/mol. The van der Waals surface area contributed by atoms with Gasteiger partial charge in [-0.1, -0.05) is 24.3 Å². The van der Waals surface area contributed by atoms with Crippen LogP contribution in [-0.4, -0.2) is 10.0 Å². The van der Waals surface area contributed by atoms with Crippen molar-refractivity contribution in [2.75, 3.05) is 5.32 Å². The molecular weight excluding hydrogens is 244 g/mol. The fourth-order valence-electron chi connectivity index (χ4n) is 1.86. The summed E-state index contributed by atoms with van der Waals surface area (Å²) >= 11 is 0. The summed E-state index contributed by atoms with van der Waals surface area (Å²) in [5, 5.41) is 23.3. The van der Waals surface area contributed by atoms with Crippen LogP contribution in [-0.2, 0) is 6.54 Å². The maximum Gasteiger partial charge on any atom is 0.295 e. The molecule has 0 amide bonds. The molecule has 2 aromatic rings. The Morgan fingerprint density at radius 2 is 1.89 bits per heavy atom. The van der Waals surface area contributed by atoms with Gasteiger partial charge < -0.3 is 10.4 Å².